The molecule has 1 amide bonds. The van der Waals surface area contributed by atoms with Crippen LogP contribution in [0.4, 0.5) is 5.69 Å². The molecular weight excluding hydrogens is 500 g/mol. The number of fused-ring (bicyclic) bond motifs is 1. The van der Waals surface area contributed by atoms with Crippen LogP contribution in [0, 0.1) is 0 Å². The van der Waals surface area contributed by atoms with Crippen molar-refractivity contribution in [3.05, 3.63) is 70.4 Å². The van der Waals surface area contributed by atoms with E-state index in [1.165, 1.54) is 4.68 Å². The van der Waals surface area contributed by atoms with Crippen molar-refractivity contribution in [2.75, 3.05) is 18.2 Å². The third-order valence-electron chi connectivity index (χ3n) is 6.44. The first-order valence-electron chi connectivity index (χ1n) is 12.9. The Morgan fingerprint density at radius 2 is 1.66 bits per heavy atom. The van der Waals surface area contributed by atoms with Gasteiger partial charge in [-0.05, 0) is 43.2 Å². The van der Waals surface area contributed by atoms with E-state index in [-0.39, 0.29) is 11.5 Å². The monoisotopic (exact) mass is 534 g/mol. The van der Waals surface area contributed by atoms with Crippen LogP contribution >= 0.6 is 11.8 Å². The minimum Gasteiger partial charge on any atom is -0.497 e. The number of nitrogens with zero attached hydrogens (tertiary/aromatic N) is 5. The third kappa shape index (κ3) is 7.00. The van der Waals surface area contributed by atoms with Gasteiger partial charge >= 0.3 is 0 Å². The predicted octanol–water partition coefficient (Wildman–Crippen LogP) is 4.73. The van der Waals surface area contributed by atoms with Gasteiger partial charge in [0.2, 0.25) is 5.91 Å². The molecule has 0 bridgehead atoms. The van der Waals surface area contributed by atoms with Gasteiger partial charge in [-0.1, -0.05) is 49.2 Å². The normalized spacial score (nSPS) is 11.1. The van der Waals surface area contributed by atoms with Gasteiger partial charge in [-0.2, -0.15) is 5.10 Å². The van der Waals surface area contributed by atoms with E-state index in [9.17, 15) is 9.59 Å². The largest absolute Gasteiger partial charge is 0.497 e. The quantitative estimate of drug-likeness (QED) is 0.195. The Kier molecular flexibility index (Phi) is 9.53. The van der Waals surface area contributed by atoms with E-state index in [0.717, 1.165) is 71.4 Å². The van der Waals surface area contributed by atoms with Crippen molar-refractivity contribution in [2.45, 2.75) is 50.1 Å². The summed E-state index contributed by atoms with van der Waals surface area (Å²) < 4.78 is 8.53. The van der Waals surface area contributed by atoms with Gasteiger partial charge in [0, 0.05) is 37.3 Å². The number of anilines is 1. The number of aromatic nitrogens is 5. The Hall–Kier alpha value is -3.66. The SMILES string of the molecule is COc1ccc(NC(=O)CCCCCCCSc2nnc(Cc3nn(C)c(=O)c4ccccc34)n2C)cc1. The maximum absolute atomic E-state index is 12.4. The highest BCUT2D eigenvalue weighted by atomic mass is 32.2. The lowest BCUT2D eigenvalue weighted by atomic mass is 10.1. The van der Waals surface area contributed by atoms with Gasteiger partial charge in [-0.3, -0.25) is 9.59 Å². The molecule has 0 saturated heterocycles. The van der Waals surface area contributed by atoms with Crippen molar-refractivity contribution < 1.29 is 9.53 Å². The molecular formula is C28H34N6O3S. The Morgan fingerprint density at radius 1 is 0.947 bits per heavy atom. The van der Waals surface area contributed by atoms with Crippen molar-refractivity contribution in [3.8, 4) is 5.75 Å². The second-order valence-corrected chi connectivity index (χ2v) is 10.3. The Labute approximate surface area is 226 Å². The number of thioether (sulfide) groups is 1. The number of benzene rings is 2. The molecule has 9 nitrogen and oxygen atoms in total. The van der Waals surface area contributed by atoms with Crippen LogP contribution < -0.4 is 15.6 Å². The van der Waals surface area contributed by atoms with Crippen molar-refractivity contribution in [1.29, 1.82) is 0 Å². The number of hydrogen-bond acceptors (Lipinski definition) is 7. The zero-order chi connectivity index (χ0) is 26.9. The van der Waals surface area contributed by atoms with Crippen LogP contribution in [-0.4, -0.2) is 43.3 Å². The summed E-state index contributed by atoms with van der Waals surface area (Å²) in [5.41, 5.74) is 1.50. The summed E-state index contributed by atoms with van der Waals surface area (Å²) in [5, 5.41) is 18.6. The van der Waals surface area contributed by atoms with E-state index in [4.69, 9.17) is 4.74 Å². The van der Waals surface area contributed by atoms with Crippen LogP contribution in [0.1, 0.15) is 50.0 Å². The molecule has 0 saturated carbocycles. The maximum Gasteiger partial charge on any atom is 0.274 e. The highest BCUT2D eigenvalue weighted by Crippen LogP contribution is 2.21. The molecule has 38 heavy (non-hydrogen) atoms. The number of carbonyl (C=O) groups excluding carboxylic acids is 1. The van der Waals surface area contributed by atoms with Crippen LogP contribution in [-0.2, 0) is 25.3 Å². The molecule has 2 heterocycles. The van der Waals surface area contributed by atoms with E-state index >= 15 is 0 Å². The molecule has 0 fully saturated rings. The highest BCUT2D eigenvalue weighted by Gasteiger charge is 2.14. The van der Waals surface area contributed by atoms with Gasteiger partial charge in [-0.25, -0.2) is 4.68 Å². The lowest BCUT2D eigenvalue weighted by Crippen LogP contribution is -2.21. The second kappa shape index (κ2) is 13.2. The van der Waals surface area contributed by atoms with Crippen LogP contribution in [0.2, 0.25) is 0 Å². The minimum atomic E-state index is -0.101. The molecule has 10 heteroatoms. The summed E-state index contributed by atoms with van der Waals surface area (Å²) in [5.74, 6) is 2.60. The summed E-state index contributed by atoms with van der Waals surface area (Å²) in [7, 11) is 5.27. The highest BCUT2D eigenvalue weighted by molar-refractivity contribution is 7.99. The molecule has 2 aromatic carbocycles. The average Bonchev–Trinajstić information content (AvgIpc) is 3.27. The van der Waals surface area contributed by atoms with Gasteiger partial charge in [0.25, 0.3) is 5.56 Å². The number of hydrogen-bond donors (Lipinski definition) is 1. The number of carbonyl (C=O) groups is 1. The Balaban J connectivity index is 1.16. The van der Waals surface area contributed by atoms with E-state index in [1.807, 2.05) is 60.1 Å². The first-order valence-corrected chi connectivity index (χ1v) is 13.8. The standard InChI is InChI=1S/C28H34N6O3S/c1-33-25(19-24-22-11-8-9-12-23(22)27(36)34(2)32-24)30-31-28(33)38-18-10-6-4-5-7-13-26(35)29-20-14-16-21(37-3)17-15-20/h8-9,11-12,14-17H,4-7,10,13,18-19H2,1-3H3,(H,29,35). The number of unbranched alkanes of at least 4 members (excludes halogenated alkanes) is 4. The van der Waals surface area contributed by atoms with Crippen LogP contribution in [0.15, 0.2) is 58.5 Å². The third-order valence-corrected chi connectivity index (χ3v) is 7.54. The van der Waals surface area contributed by atoms with Crippen molar-refractivity contribution in [3.63, 3.8) is 0 Å². The van der Waals surface area contributed by atoms with Crippen LogP contribution in [0.3, 0.4) is 0 Å². The molecule has 0 unspecified atom stereocenters. The number of methoxy groups -OCH3 is 1. The molecule has 0 aliphatic carbocycles. The van der Waals surface area contributed by atoms with Crippen molar-refractivity contribution >= 4 is 34.1 Å². The number of nitrogens with one attached hydrogen (secondary N) is 1. The molecule has 200 valence electrons. The smallest absolute Gasteiger partial charge is 0.274 e. The summed E-state index contributed by atoms with van der Waals surface area (Å²) in [6.45, 7) is 0. The molecule has 0 aliphatic heterocycles. The van der Waals surface area contributed by atoms with E-state index < -0.39 is 0 Å². The van der Waals surface area contributed by atoms with Gasteiger partial charge in [0.05, 0.1) is 24.6 Å². The molecule has 0 radical (unpaired) electrons. The van der Waals surface area contributed by atoms with Gasteiger partial charge in [-0.15, -0.1) is 10.2 Å². The zero-order valence-corrected chi connectivity index (χ0v) is 23.0. The molecule has 0 spiro atoms. The summed E-state index contributed by atoms with van der Waals surface area (Å²) in [6.07, 6.45) is 6.26. The fourth-order valence-corrected chi connectivity index (χ4v) is 5.19. The van der Waals surface area contributed by atoms with Crippen molar-refractivity contribution in [1.82, 2.24) is 24.5 Å². The first kappa shape index (κ1) is 27.4. The minimum absolute atomic E-state index is 0.0460. The Morgan fingerprint density at radius 3 is 2.42 bits per heavy atom. The number of ether oxygens (including phenoxy) is 1. The van der Waals surface area contributed by atoms with Gasteiger partial charge < -0.3 is 14.6 Å². The molecule has 1 N–H and O–H groups in total. The molecule has 0 aliphatic rings. The summed E-state index contributed by atoms with van der Waals surface area (Å²) in [6, 6.07) is 14.9. The van der Waals surface area contributed by atoms with Gasteiger partial charge in [0.1, 0.15) is 11.6 Å². The average molecular weight is 535 g/mol. The number of amides is 1. The van der Waals surface area contributed by atoms with E-state index in [0.29, 0.717) is 18.2 Å². The van der Waals surface area contributed by atoms with Crippen LogP contribution in [0.25, 0.3) is 10.8 Å². The number of rotatable bonds is 13. The van der Waals surface area contributed by atoms with Gasteiger partial charge in [0.15, 0.2) is 5.16 Å². The second-order valence-electron chi connectivity index (χ2n) is 9.20. The fourth-order valence-electron chi connectivity index (χ4n) is 4.26. The fraction of sp³-hybridized carbons (Fsp3) is 0.393. The topological polar surface area (TPSA) is 104 Å². The molecule has 2 aromatic heterocycles. The summed E-state index contributed by atoms with van der Waals surface area (Å²) >= 11 is 1.70. The lowest BCUT2D eigenvalue weighted by molar-refractivity contribution is -0.116. The van der Waals surface area contributed by atoms with E-state index in [1.54, 1.807) is 25.9 Å². The van der Waals surface area contributed by atoms with Crippen LogP contribution in [0.5, 0.6) is 5.75 Å². The van der Waals surface area contributed by atoms with Crippen molar-refractivity contribution in [2.24, 2.45) is 14.1 Å². The van der Waals surface area contributed by atoms with E-state index in [2.05, 4.69) is 20.6 Å². The predicted molar refractivity (Wildman–Crippen MR) is 151 cm³/mol. The zero-order valence-electron chi connectivity index (χ0n) is 22.1. The Bertz CT molecular complexity index is 1430. The molecule has 4 rings (SSSR count). The molecule has 0 atom stereocenters. The first-order chi connectivity index (χ1) is 18.5. The lowest BCUT2D eigenvalue weighted by Gasteiger charge is -2.08. The number of aryl methyl sites for hydroxylation is 1. The maximum atomic E-state index is 12.4. The summed E-state index contributed by atoms with van der Waals surface area (Å²) in [4.78, 5) is 24.5. The molecule has 4 aromatic rings.